The van der Waals surface area contributed by atoms with Crippen LogP contribution in [-0.2, 0) is 11.3 Å². The van der Waals surface area contributed by atoms with Gasteiger partial charge in [-0.05, 0) is 73.3 Å². The Morgan fingerprint density at radius 2 is 1.89 bits per heavy atom. The number of aromatic nitrogens is 1. The molecule has 0 radical (unpaired) electrons. The molecule has 1 fully saturated rings. The van der Waals surface area contributed by atoms with E-state index in [-0.39, 0.29) is 0 Å². The Hall–Kier alpha value is -2.43. The van der Waals surface area contributed by atoms with Crippen molar-refractivity contribution in [3.63, 3.8) is 0 Å². The molecule has 0 amide bonds. The summed E-state index contributed by atoms with van der Waals surface area (Å²) < 4.78 is 10.7. The van der Waals surface area contributed by atoms with E-state index in [0.717, 1.165) is 48.8 Å². The van der Waals surface area contributed by atoms with Gasteiger partial charge >= 0.3 is 0 Å². The lowest BCUT2D eigenvalue weighted by Crippen LogP contribution is -2.22. The maximum absolute atomic E-state index is 5.36. The number of likely N-dealkylation sites (tertiary alicyclic amines) is 1. The maximum atomic E-state index is 5.36. The molecule has 0 spiro atoms. The fourth-order valence-corrected chi connectivity index (χ4v) is 4.11. The van der Waals surface area contributed by atoms with Gasteiger partial charge in [0.25, 0.3) is 0 Å². The normalized spacial score (nSPS) is 17.3. The molecule has 4 heteroatoms. The molecule has 0 bridgehead atoms. The third-order valence-corrected chi connectivity index (χ3v) is 5.58. The molecular formula is C24H28N2O2. The average Bonchev–Trinajstić information content (AvgIpc) is 3.15. The SMILES string of the molecule is COCC1CCN(Cc2cc3ccc(C)cc3nc2-c2ccc(OC)cc2)C1. The van der Waals surface area contributed by atoms with Crippen LogP contribution in [0.5, 0.6) is 5.75 Å². The maximum Gasteiger partial charge on any atom is 0.118 e. The molecule has 1 unspecified atom stereocenters. The highest BCUT2D eigenvalue weighted by Crippen LogP contribution is 2.30. The van der Waals surface area contributed by atoms with Gasteiger partial charge in [0.1, 0.15) is 5.75 Å². The number of nitrogens with zero attached hydrogens (tertiary/aromatic N) is 2. The van der Waals surface area contributed by atoms with Crippen molar-refractivity contribution in [1.29, 1.82) is 0 Å². The molecule has 0 aliphatic carbocycles. The summed E-state index contributed by atoms with van der Waals surface area (Å²) in [6.45, 7) is 6.07. The molecule has 4 rings (SSSR count). The lowest BCUT2D eigenvalue weighted by atomic mass is 10.0. The van der Waals surface area contributed by atoms with Gasteiger partial charge in [-0.2, -0.15) is 0 Å². The van der Waals surface area contributed by atoms with Crippen molar-refractivity contribution in [3.05, 3.63) is 59.7 Å². The van der Waals surface area contributed by atoms with E-state index in [9.17, 15) is 0 Å². The monoisotopic (exact) mass is 376 g/mol. The van der Waals surface area contributed by atoms with E-state index in [1.807, 2.05) is 12.1 Å². The minimum absolute atomic E-state index is 0.630. The molecular weight excluding hydrogens is 348 g/mol. The number of pyridine rings is 1. The van der Waals surface area contributed by atoms with Crippen LogP contribution in [0.3, 0.4) is 0 Å². The number of methoxy groups -OCH3 is 2. The number of hydrogen-bond acceptors (Lipinski definition) is 4. The molecule has 2 aromatic carbocycles. The second-order valence-corrected chi connectivity index (χ2v) is 7.77. The Morgan fingerprint density at radius 3 is 2.64 bits per heavy atom. The second-order valence-electron chi connectivity index (χ2n) is 7.77. The van der Waals surface area contributed by atoms with Gasteiger partial charge in [-0.1, -0.05) is 12.1 Å². The molecule has 1 saturated heterocycles. The van der Waals surface area contributed by atoms with Crippen molar-refractivity contribution in [1.82, 2.24) is 9.88 Å². The molecule has 4 nitrogen and oxygen atoms in total. The third kappa shape index (κ3) is 4.03. The summed E-state index contributed by atoms with van der Waals surface area (Å²) in [5, 5.41) is 1.20. The topological polar surface area (TPSA) is 34.6 Å². The molecule has 0 saturated carbocycles. The van der Waals surface area contributed by atoms with Crippen LogP contribution in [0, 0.1) is 12.8 Å². The van der Waals surface area contributed by atoms with Crippen LogP contribution in [0.25, 0.3) is 22.2 Å². The Morgan fingerprint density at radius 1 is 1.07 bits per heavy atom. The largest absolute Gasteiger partial charge is 0.497 e. The summed E-state index contributed by atoms with van der Waals surface area (Å²) in [5.74, 6) is 1.49. The zero-order valence-electron chi connectivity index (χ0n) is 16.9. The Balaban J connectivity index is 1.71. The van der Waals surface area contributed by atoms with Gasteiger partial charge in [0.2, 0.25) is 0 Å². The first-order valence-electron chi connectivity index (χ1n) is 9.92. The van der Waals surface area contributed by atoms with Crippen LogP contribution in [0.1, 0.15) is 17.5 Å². The first-order chi connectivity index (χ1) is 13.7. The van der Waals surface area contributed by atoms with E-state index < -0.39 is 0 Å². The van der Waals surface area contributed by atoms with Crippen LogP contribution in [-0.4, -0.2) is 43.8 Å². The van der Waals surface area contributed by atoms with Gasteiger partial charge in [0.05, 0.1) is 24.9 Å². The van der Waals surface area contributed by atoms with Gasteiger partial charge in [-0.25, -0.2) is 4.98 Å². The molecule has 146 valence electrons. The second kappa shape index (κ2) is 8.29. The fourth-order valence-electron chi connectivity index (χ4n) is 4.11. The number of ether oxygens (including phenoxy) is 2. The molecule has 1 aliphatic heterocycles. The Bertz CT molecular complexity index is 953. The van der Waals surface area contributed by atoms with E-state index in [1.54, 1.807) is 14.2 Å². The van der Waals surface area contributed by atoms with E-state index in [4.69, 9.17) is 14.5 Å². The summed E-state index contributed by atoms with van der Waals surface area (Å²) >= 11 is 0. The van der Waals surface area contributed by atoms with E-state index in [0.29, 0.717) is 5.92 Å². The zero-order valence-corrected chi connectivity index (χ0v) is 16.9. The first-order valence-corrected chi connectivity index (χ1v) is 9.92. The van der Waals surface area contributed by atoms with Gasteiger partial charge in [0.15, 0.2) is 0 Å². The van der Waals surface area contributed by atoms with Crippen molar-refractivity contribution in [2.24, 2.45) is 5.92 Å². The summed E-state index contributed by atoms with van der Waals surface area (Å²) in [6, 6.07) is 17.0. The van der Waals surface area contributed by atoms with Crippen molar-refractivity contribution < 1.29 is 9.47 Å². The van der Waals surface area contributed by atoms with Gasteiger partial charge < -0.3 is 9.47 Å². The van der Waals surface area contributed by atoms with E-state index in [1.165, 1.54) is 22.9 Å². The van der Waals surface area contributed by atoms with Gasteiger partial charge in [-0.15, -0.1) is 0 Å². The standard InChI is InChI=1S/C24H28N2O2/c1-17-4-5-20-13-21(15-26-11-10-18(14-26)16-27-2)24(25-23(20)12-17)19-6-8-22(28-3)9-7-19/h4-9,12-13,18H,10-11,14-16H2,1-3H3. The summed E-state index contributed by atoms with van der Waals surface area (Å²) in [4.78, 5) is 7.59. The van der Waals surface area contributed by atoms with Crippen LogP contribution >= 0.6 is 0 Å². The van der Waals surface area contributed by atoms with Crippen molar-refractivity contribution >= 4 is 10.9 Å². The number of rotatable bonds is 6. The first kappa shape index (κ1) is 18.9. The lowest BCUT2D eigenvalue weighted by Gasteiger charge is -2.19. The van der Waals surface area contributed by atoms with Crippen molar-refractivity contribution in [2.75, 3.05) is 33.9 Å². The molecule has 1 atom stereocenters. The molecule has 1 aliphatic rings. The highest BCUT2D eigenvalue weighted by Gasteiger charge is 2.23. The average molecular weight is 377 g/mol. The predicted molar refractivity (Wildman–Crippen MR) is 114 cm³/mol. The fraction of sp³-hybridized carbons (Fsp3) is 0.375. The Kier molecular flexibility index (Phi) is 5.60. The molecule has 0 N–H and O–H groups in total. The van der Waals surface area contributed by atoms with Crippen molar-refractivity contribution in [3.8, 4) is 17.0 Å². The lowest BCUT2D eigenvalue weighted by molar-refractivity contribution is 0.152. The summed E-state index contributed by atoms with van der Waals surface area (Å²) in [6.07, 6.45) is 1.20. The van der Waals surface area contributed by atoms with Crippen LogP contribution < -0.4 is 4.74 Å². The number of fused-ring (bicyclic) bond motifs is 1. The quantitative estimate of drug-likeness (QED) is 0.625. The van der Waals surface area contributed by atoms with E-state index in [2.05, 4.69) is 48.2 Å². The number of aryl methyl sites for hydroxylation is 1. The molecule has 28 heavy (non-hydrogen) atoms. The van der Waals surface area contributed by atoms with Gasteiger partial charge in [0, 0.05) is 31.1 Å². The summed E-state index contributed by atoms with van der Waals surface area (Å²) in [5.41, 5.74) is 5.76. The molecule has 3 aromatic rings. The summed E-state index contributed by atoms with van der Waals surface area (Å²) in [7, 11) is 3.49. The smallest absolute Gasteiger partial charge is 0.118 e. The number of benzene rings is 2. The minimum Gasteiger partial charge on any atom is -0.497 e. The highest BCUT2D eigenvalue weighted by atomic mass is 16.5. The third-order valence-electron chi connectivity index (χ3n) is 5.58. The van der Waals surface area contributed by atoms with Gasteiger partial charge in [-0.3, -0.25) is 4.90 Å². The van der Waals surface area contributed by atoms with Crippen LogP contribution in [0.4, 0.5) is 0 Å². The molecule has 2 heterocycles. The number of hydrogen-bond donors (Lipinski definition) is 0. The predicted octanol–water partition coefficient (Wildman–Crippen LogP) is 4.69. The highest BCUT2D eigenvalue weighted by molar-refractivity contribution is 5.84. The molecule has 1 aromatic heterocycles. The van der Waals surface area contributed by atoms with Crippen LogP contribution in [0.15, 0.2) is 48.5 Å². The van der Waals surface area contributed by atoms with Crippen molar-refractivity contribution in [2.45, 2.75) is 19.9 Å². The van der Waals surface area contributed by atoms with E-state index >= 15 is 0 Å². The zero-order chi connectivity index (χ0) is 19.5. The van der Waals surface area contributed by atoms with Crippen LogP contribution in [0.2, 0.25) is 0 Å². The minimum atomic E-state index is 0.630. The Labute approximate surface area is 167 Å².